The van der Waals surface area contributed by atoms with Crippen LogP contribution in [0.25, 0.3) is 0 Å². The van der Waals surface area contributed by atoms with E-state index < -0.39 is 9.05 Å². The molecule has 0 saturated heterocycles. The van der Waals surface area contributed by atoms with Crippen molar-refractivity contribution in [2.75, 3.05) is 5.73 Å². The predicted octanol–water partition coefficient (Wildman–Crippen LogP) is 1.62. The highest BCUT2D eigenvalue weighted by Crippen LogP contribution is 2.20. The van der Waals surface area contributed by atoms with Gasteiger partial charge in [0, 0.05) is 10.7 Å². The Labute approximate surface area is 81.4 Å². The lowest BCUT2D eigenvalue weighted by Gasteiger charge is -1.98. The molecule has 0 atom stereocenters. The van der Waals surface area contributed by atoms with Crippen molar-refractivity contribution in [2.45, 2.75) is 4.90 Å². The predicted molar refractivity (Wildman–Crippen MR) is 51.1 cm³/mol. The molecule has 3 nitrogen and oxygen atoms in total. The number of halogens is 2. The minimum atomic E-state index is -3.69. The third-order valence-electron chi connectivity index (χ3n) is 1.18. The lowest BCUT2D eigenvalue weighted by molar-refractivity contribution is 0.610. The van der Waals surface area contributed by atoms with Crippen LogP contribution in [0, 0.1) is 0 Å². The first-order valence-corrected chi connectivity index (χ1v) is 5.12. The number of hydrogen-bond acceptors (Lipinski definition) is 3. The Kier molecular flexibility index (Phi) is 3.83. The highest BCUT2D eigenvalue weighted by molar-refractivity contribution is 8.13. The molecule has 0 aromatic heterocycles. The number of para-hydroxylation sites is 1. The Balaban J connectivity index is 0.00000121. The summed E-state index contributed by atoms with van der Waals surface area (Å²) in [5.41, 5.74) is 5.51. The lowest BCUT2D eigenvalue weighted by atomic mass is 10.3. The van der Waals surface area contributed by atoms with Crippen LogP contribution >= 0.6 is 23.1 Å². The van der Waals surface area contributed by atoms with E-state index in [4.69, 9.17) is 16.4 Å². The topological polar surface area (TPSA) is 60.2 Å². The van der Waals surface area contributed by atoms with Gasteiger partial charge in [0.05, 0.1) is 5.69 Å². The fourth-order valence-electron chi connectivity index (χ4n) is 0.703. The molecule has 1 rings (SSSR count). The summed E-state index contributed by atoms with van der Waals surface area (Å²) in [7, 11) is 1.37. The smallest absolute Gasteiger partial charge is 0.263 e. The van der Waals surface area contributed by atoms with Gasteiger partial charge in [-0.3, -0.25) is 0 Å². The van der Waals surface area contributed by atoms with Gasteiger partial charge in [0.15, 0.2) is 0 Å². The molecule has 0 amide bonds. The van der Waals surface area contributed by atoms with E-state index in [9.17, 15) is 8.42 Å². The number of nitrogen functional groups attached to an aromatic ring is 1. The van der Waals surface area contributed by atoms with Crippen LogP contribution in [0.3, 0.4) is 0 Å². The molecule has 0 aliphatic rings. The average molecular weight is 228 g/mol. The van der Waals surface area contributed by atoms with Gasteiger partial charge in [0.25, 0.3) is 9.05 Å². The molecule has 1 aromatic carbocycles. The molecule has 0 fully saturated rings. The zero-order valence-corrected chi connectivity index (χ0v) is 8.29. The summed E-state index contributed by atoms with van der Waals surface area (Å²) in [4.78, 5) is -0.0401. The fourth-order valence-corrected chi connectivity index (χ4v) is 1.71. The Morgan fingerprint density at radius 2 is 1.75 bits per heavy atom. The molecule has 1 aromatic rings. The van der Waals surface area contributed by atoms with Crippen LogP contribution in [0.15, 0.2) is 29.2 Å². The fraction of sp³-hybridized carbons (Fsp3) is 0. The maximum absolute atomic E-state index is 10.7. The number of anilines is 1. The molecule has 0 saturated carbocycles. The van der Waals surface area contributed by atoms with Crippen LogP contribution in [0.4, 0.5) is 5.69 Å². The van der Waals surface area contributed by atoms with Crippen molar-refractivity contribution in [1.82, 2.24) is 0 Å². The van der Waals surface area contributed by atoms with Gasteiger partial charge in [0.1, 0.15) is 4.90 Å². The number of hydrogen-bond donors (Lipinski definition) is 1. The van der Waals surface area contributed by atoms with Gasteiger partial charge >= 0.3 is 0 Å². The first-order valence-electron chi connectivity index (χ1n) is 2.81. The van der Waals surface area contributed by atoms with Gasteiger partial charge in [-0.15, -0.1) is 12.4 Å². The van der Waals surface area contributed by atoms with Gasteiger partial charge in [-0.25, -0.2) is 8.42 Å². The Hall–Kier alpha value is -0.450. The van der Waals surface area contributed by atoms with Crippen molar-refractivity contribution in [3.05, 3.63) is 24.3 Å². The molecular formula is C6H7Cl2NO2S. The van der Waals surface area contributed by atoms with E-state index in [-0.39, 0.29) is 23.0 Å². The number of nitrogens with two attached hydrogens (primary N) is 1. The highest BCUT2D eigenvalue weighted by Gasteiger charge is 2.11. The van der Waals surface area contributed by atoms with Crippen molar-refractivity contribution in [1.29, 1.82) is 0 Å². The second-order valence-corrected chi connectivity index (χ2v) is 4.51. The van der Waals surface area contributed by atoms with Gasteiger partial charge < -0.3 is 5.73 Å². The molecule has 0 radical (unpaired) electrons. The molecule has 0 bridgehead atoms. The third-order valence-corrected chi connectivity index (χ3v) is 2.58. The van der Waals surface area contributed by atoms with E-state index in [0.29, 0.717) is 0 Å². The SMILES string of the molecule is Cl.Nc1ccccc1S(=O)(=O)Cl. The normalized spacial score (nSPS) is 10.4. The van der Waals surface area contributed by atoms with E-state index >= 15 is 0 Å². The zero-order valence-electron chi connectivity index (χ0n) is 5.90. The van der Waals surface area contributed by atoms with Gasteiger partial charge in [-0.05, 0) is 12.1 Å². The monoisotopic (exact) mass is 227 g/mol. The second-order valence-electron chi connectivity index (χ2n) is 1.98. The highest BCUT2D eigenvalue weighted by atomic mass is 35.7. The molecule has 0 spiro atoms. The molecule has 12 heavy (non-hydrogen) atoms. The third kappa shape index (κ3) is 2.55. The van der Waals surface area contributed by atoms with Crippen molar-refractivity contribution in [2.24, 2.45) is 0 Å². The van der Waals surface area contributed by atoms with Crippen LogP contribution in [0.1, 0.15) is 0 Å². The van der Waals surface area contributed by atoms with Crippen molar-refractivity contribution >= 4 is 37.8 Å². The molecule has 2 N–H and O–H groups in total. The molecule has 0 aliphatic heterocycles. The lowest BCUT2D eigenvalue weighted by Crippen LogP contribution is -1.96. The molecule has 0 unspecified atom stereocenters. The maximum atomic E-state index is 10.7. The van der Waals surface area contributed by atoms with Crippen LogP contribution in [0.2, 0.25) is 0 Å². The van der Waals surface area contributed by atoms with Gasteiger partial charge in [-0.2, -0.15) is 0 Å². The first kappa shape index (κ1) is 11.6. The summed E-state index contributed by atoms with van der Waals surface area (Å²) in [5.74, 6) is 0. The second kappa shape index (κ2) is 3.98. The van der Waals surface area contributed by atoms with Crippen LogP contribution < -0.4 is 5.73 Å². The Morgan fingerprint density at radius 3 is 2.08 bits per heavy atom. The van der Waals surface area contributed by atoms with Crippen molar-refractivity contribution < 1.29 is 8.42 Å². The summed E-state index contributed by atoms with van der Waals surface area (Å²) in [5, 5.41) is 0. The minimum Gasteiger partial charge on any atom is -0.398 e. The van der Waals surface area contributed by atoms with Crippen molar-refractivity contribution in [3.8, 4) is 0 Å². The largest absolute Gasteiger partial charge is 0.398 e. The van der Waals surface area contributed by atoms with Gasteiger partial charge in [0.2, 0.25) is 0 Å². The number of rotatable bonds is 1. The summed E-state index contributed by atoms with van der Waals surface area (Å²) >= 11 is 0. The summed E-state index contributed by atoms with van der Waals surface area (Å²) in [6, 6.07) is 6.04. The zero-order chi connectivity index (χ0) is 8.48. The standard InChI is InChI=1S/C6H6ClNO2S.ClH/c7-11(9,10)6-4-2-1-3-5(6)8;/h1-4H,8H2;1H. The van der Waals surface area contributed by atoms with E-state index in [2.05, 4.69) is 0 Å². The number of benzene rings is 1. The average Bonchev–Trinajstić information content (AvgIpc) is 1.86. The van der Waals surface area contributed by atoms with E-state index in [1.807, 2.05) is 0 Å². The minimum absolute atomic E-state index is 0. The van der Waals surface area contributed by atoms with Crippen LogP contribution in [-0.4, -0.2) is 8.42 Å². The Morgan fingerprint density at radius 1 is 1.25 bits per heavy atom. The first-order chi connectivity index (χ1) is 5.02. The molecule has 68 valence electrons. The summed E-state index contributed by atoms with van der Waals surface area (Å²) < 4.78 is 21.5. The molecule has 6 heteroatoms. The quantitative estimate of drug-likeness (QED) is 0.586. The Bertz CT molecular complexity index is 364. The van der Waals surface area contributed by atoms with E-state index in [1.54, 1.807) is 12.1 Å². The van der Waals surface area contributed by atoms with Crippen LogP contribution in [-0.2, 0) is 9.05 Å². The summed E-state index contributed by atoms with van der Waals surface area (Å²) in [6.07, 6.45) is 0. The molecule has 0 aliphatic carbocycles. The maximum Gasteiger partial charge on any atom is 0.263 e. The molecular weight excluding hydrogens is 221 g/mol. The van der Waals surface area contributed by atoms with Gasteiger partial charge in [-0.1, -0.05) is 12.1 Å². The summed E-state index contributed by atoms with van der Waals surface area (Å²) in [6.45, 7) is 0. The van der Waals surface area contributed by atoms with E-state index in [0.717, 1.165) is 0 Å². The molecule has 0 heterocycles. The van der Waals surface area contributed by atoms with Crippen LogP contribution in [0.5, 0.6) is 0 Å². The van der Waals surface area contributed by atoms with Crippen molar-refractivity contribution in [3.63, 3.8) is 0 Å². The van der Waals surface area contributed by atoms with E-state index in [1.165, 1.54) is 12.1 Å².